The van der Waals surface area contributed by atoms with E-state index in [1.54, 1.807) is 0 Å². The summed E-state index contributed by atoms with van der Waals surface area (Å²) in [6, 6.07) is 0. The van der Waals surface area contributed by atoms with Gasteiger partial charge in [0.15, 0.2) is 14.1 Å². The highest BCUT2D eigenvalue weighted by molar-refractivity contribution is 6.74. The maximum atomic E-state index is 6.49. The van der Waals surface area contributed by atoms with E-state index in [1.165, 1.54) is 19.3 Å². The molecule has 0 unspecified atom stereocenters. The van der Waals surface area contributed by atoms with E-state index in [-0.39, 0.29) is 23.0 Å². The Morgan fingerprint density at radius 2 is 1.86 bits per heavy atom. The first-order chi connectivity index (χ1) is 9.69. The van der Waals surface area contributed by atoms with E-state index in [2.05, 4.69) is 40.4 Å². The number of hydrogen-bond acceptors (Lipinski definition) is 3. The van der Waals surface area contributed by atoms with Gasteiger partial charge in [-0.05, 0) is 31.0 Å². The summed E-state index contributed by atoms with van der Waals surface area (Å²) >= 11 is 0. The van der Waals surface area contributed by atoms with Gasteiger partial charge in [-0.3, -0.25) is 0 Å². The summed E-state index contributed by atoms with van der Waals surface area (Å²) < 4.78 is 18.8. The molecule has 21 heavy (non-hydrogen) atoms. The first kappa shape index (κ1) is 17.2. The molecule has 0 aromatic carbocycles. The molecular weight excluding hydrogens is 280 g/mol. The molecule has 1 heterocycles. The lowest BCUT2D eigenvalue weighted by atomic mass is 9.94. The smallest absolute Gasteiger partial charge is 0.193 e. The van der Waals surface area contributed by atoms with Crippen molar-refractivity contribution in [3.63, 3.8) is 0 Å². The minimum absolute atomic E-state index is 0.00488. The summed E-state index contributed by atoms with van der Waals surface area (Å²) in [6.07, 6.45) is 7.58. The average Bonchev–Trinajstić information content (AvgIpc) is 2.79. The van der Waals surface area contributed by atoms with Crippen LogP contribution in [-0.4, -0.2) is 32.9 Å². The van der Waals surface area contributed by atoms with Gasteiger partial charge in [-0.1, -0.05) is 33.3 Å². The highest BCUT2D eigenvalue weighted by Gasteiger charge is 2.47. The van der Waals surface area contributed by atoms with Crippen LogP contribution in [0.2, 0.25) is 18.1 Å². The molecule has 0 aromatic rings. The van der Waals surface area contributed by atoms with Crippen LogP contribution in [0.15, 0.2) is 12.7 Å². The second-order valence-electron chi connectivity index (χ2n) is 8.02. The molecule has 0 amide bonds. The zero-order chi connectivity index (χ0) is 15.7. The molecule has 2 atom stereocenters. The average molecular weight is 313 g/mol. The maximum Gasteiger partial charge on any atom is 0.193 e. The van der Waals surface area contributed by atoms with Gasteiger partial charge in [-0.2, -0.15) is 0 Å². The fourth-order valence-electron chi connectivity index (χ4n) is 2.89. The molecule has 0 bridgehead atoms. The van der Waals surface area contributed by atoms with Crippen molar-refractivity contribution in [2.75, 3.05) is 6.61 Å². The molecule has 2 rings (SSSR count). The van der Waals surface area contributed by atoms with Crippen molar-refractivity contribution in [1.29, 1.82) is 0 Å². The van der Waals surface area contributed by atoms with Gasteiger partial charge in [0.1, 0.15) is 6.10 Å². The van der Waals surface area contributed by atoms with Crippen LogP contribution in [-0.2, 0) is 13.9 Å². The first-order valence-electron chi connectivity index (χ1n) is 8.31. The van der Waals surface area contributed by atoms with Crippen LogP contribution in [0, 0.1) is 0 Å². The van der Waals surface area contributed by atoms with Crippen LogP contribution in [0.1, 0.15) is 52.9 Å². The van der Waals surface area contributed by atoms with Crippen LogP contribution in [0.4, 0.5) is 0 Å². The van der Waals surface area contributed by atoms with Crippen LogP contribution < -0.4 is 0 Å². The van der Waals surface area contributed by atoms with Gasteiger partial charge in [0.2, 0.25) is 0 Å². The summed E-state index contributed by atoms with van der Waals surface area (Å²) in [6.45, 7) is 15.9. The standard InChI is InChI=1S/C17H32O3Si/c1-7-14(20-21(5,6)16(2,3)4)15-13-18-17(19-15)11-9-8-10-12-17/h7,14-15H,1,8-13H2,2-6H3/t14-,15-/m1/s1. The second kappa shape index (κ2) is 6.15. The Balaban J connectivity index is 2.01. The van der Waals surface area contributed by atoms with Gasteiger partial charge in [-0.15, -0.1) is 6.58 Å². The van der Waals surface area contributed by atoms with Gasteiger partial charge in [0, 0.05) is 12.8 Å². The lowest BCUT2D eigenvalue weighted by Gasteiger charge is -2.40. The Bertz CT molecular complexity index is 367. The lowest BCUT2D eigenvalue weighted by Crippen LogP contribution is -2.47. The summed E-state index contributed by atoms with van der Waals surface area (Å²) in [5, 5.41) is 0.191. The van der Waals surface area contributed by atoms with Crippen molar-refractivity contribution in [3.05, 3.63) is 12.7 Å². The van der Waals surface area contributed by atoms with E-state index >= 15 is 0 Å². The minimum atomic E-state index is -1.82. The summed E-state index contributed by atoms with van der Waals surface area (Å²) in [5.74, 6) is -0.332. The molecule has 0 N–H and O–H groups in total. The fraction of sp³-hybridized carbons (Fsp3) is 0.882. The summed E-state index contributed by atoms with van der Waals surface area (Å²) in [5.41, 5.74) is 0. The van der Waals surface area contributed by atoms with Crippen molar-refractivity contribution in [2.45, 2.75) is 89.0 Å². The molecule has 3 nitrogen and oxygen atoms in total. The van der Waals surface area contributed by atoms with Gasteiger partial charge in [0.05, 0.1) is 12.7 Å². The third kappa shape index (κ3) is 3.78. The van der Waals surface area contributed by atoms with Crippen LogP contribution >= 0.6 is 0 Å². The highest BCUT2D eigenvalue weighted by Crippen LogP contribution is 2.41. The first-order valence-corrected chi connectivity index (χ1v) is 11.2. The molecule has 0 radical (unpaired) electrons. The Hall–Kier alpha value is -0.163. The lowest BCUT2D eigenvalue weighted by molar-refractivity contribution is -0.192. The van der Waals surface area contributed by atoms with Crippen molar-refractivity contribution < 1.29 is 13.9 Å². The maximum absolute atomic E-state index is 6.49. The largest absolute Gasteiger partial charge is 0.408 e. The molecule has 1 saturated carbocycles. The fourth-order valence-corrected chi connectivity index (χ4v) is 4.17. The van der Waals surface area contributed by atoms with Gasteiger partial charge >= 0.3 is 0 Å². The number of ether oxygens (including phenoxy) is 2. The minimum Gasteiger partial charge on any atom is -0.408 e. The van der Waals surface area contributed by atoms with Crippen LogP contribution in [0.25, 0.3) is 0 Å². The Kier molecular flexibility index (Phi) is 5.03. The van der Waals surface area contributed by atoms with E-state index in [0.29, 0.717) is 6.61 Å². The third-order valence-corrected chi connectivity index (χ3v) is 9.80. The second-order valence-corrected chi connectivity index (χ2v) is 12.8. The van der Waals surface area contributed by atoms with E-state index in [4.69, 9.17) is 13.9 Å². The van der Waals surface area contributed by atoms with Crippen molar-refractivity contribution >= 4 is 8.32 Å². The Labute approximate surface area is 131 Å². The summed E-state index contributed by atoms with van der Waals surface area (Å²) in [4.78, 5) is 0. The molecule has 1 aliphatic carbocycles. The third-order valence-electron chi connectivity index (χ3n) is 5.33. The monoisotopic (exact) mass is 312 g/mol. The molecule has 122 valence electrons. The van der Waals surface area contributed by atoms with E-state index in [0.717, 1.165) is 12.8 Å². The molecule has 4 heteroatoms. The molecule has 2 fully saturated rings. The molecule has 1 spiro atoms. The Morgan fingerprint density at radius 3 is 2.38 bits per heavy atom. The number of rotatable bonds is 4. The molecule has 1 saturated heterocycles. The Morgan fingerprint density at radius 1 is 1.24 bits per heavy atom. The van der Waals surface area contributed by atoms with Crippen LogP contribution in [0.5, 0.6) is 0 Å². The predicted molar refractivity (Wildman–Crippen MR) is 88.9 cm³/mol. The number of hydrogen-bond donors (Lipinski definition) is 0. The van der Waals surface area contributed by atoms with Gasteiger partial charge in [-0.25, -0.2) is 0 Å². The normalized spacial score (nSPS) is 27.8. The zero-order valence-corrected chi connectivity index (χ0v) is 15.4. The zero-order valence-electron chi connectivity index (χ0n) is 14.4. The van der Waals surface area contributed by atoms with Gasteiger partial charge in [0.25, 0.3) is 0 Å². The summed E-state index contributed by atoms with van der Waals surface area (Å²) in [7, 11) is -1.82. The molecule has 1 aliphatic heterocycles. The van der Waals surface area contributed by atoms with Crippen molar-refractivity contribution in [2.24, 2.45) is 0 Å². The quantitative estimate of drug-likeness (QED) is 0.559. The van der Waals surface area contributed by atoms with E-state index < -0.39 is 8.32 Å². The molecular formula is C17H32O3Si. The van der Waals surface area contributed by atoms with E-state index in [1.807, 2.05) is 6.08 Å². The SMILES string of the molecule is C=C[C@@H](O[Si](C)(C)C(C)(C)C)[C@H]1COC2(CCCCC2)O1. The van der Waals surface area contributed by atoms with Crippen molar-refractivity contribution in [3.8, 4) is 0 Å². The predicted octanol–water partition coefficient (Wildman–Crippen LogP) is 4.64. The van der Waals surface area contributed by atoms with Crippen LogP contribution in [0.3, 0.4) is 0 Å². The highest BCUT2D eigenvalue weighted by atomic mass is 28.4. The molecule has 2 aliphatic rings. The molecule has 0 aromatic heterocycles. The van der Waals surface area contributed by atoms with E-state index in [9.17, 15) is 0 Å². The van der Waals surface area contributed by atoms with Gasteiger partial charge < -0.3 is 13.9 Å². The topological polar surface area (TPSA) is 27.7 Å². The van der Waals surface area contributed by atoms with Crippen molar-refractivity contribution in [1.82, 2.24) is 0 Å².